The van der Waals surface area contributed by atoms with Crippen LogP contribution in [0.1, 0.15) is 23.3 Å². The summed E-state index contributed by atoms with van der Waals surface area (Å²) in [5.74, 6) is -0.964. The lowest BCUT2D eigenvalue weighted by Gasteiger charge is -2.22. The number of nitrogens with one attached hydrogen (secondary N) is 2. The molecular formula is C9H12F3N3O. The molecule has 2 heterocycles. The maximum Gasteiger partial charge on any atom is 0.449 e. The fourth-order valence-electron chi connectivity index (χ4n) is 1.66. The quantitative estimate of drug-likeness (QED) is 0.773. The van der Waals surface area contributed by atoms with E-state index in [1.165, 1.54) is 0 Å². The number of hydrogen-bond acceptors (Lipinski definition) is 3. The van der Waals surface area contributed by atoms with Crippen molar-refractivity contribution >= 4 is 0 Å². The molecule has 1 aliphatic rings. The van der Waals surface area contributed by atoms with Crippen LogP contribution in [0.5, 0.6) is 0 Å². The Morgan fingerprint density at radius 1 is 1.44 bits per heavy atom. The molecule has 1 unspecified atom stereocenters. The highest BCUT2D eigenvalue weighted by molar-refractivity contribution is 5.18. The summed E-state index contributed by atoms with van der Waals surface area (Å²) in [5.41, 5.74) is 0.737. The normalized spacial score (nSPS) is 22.4. The molecule has 0 radical (unpaired) electrons. The number of aromatic nitrogens is 2. The highest BCUT2D eigenvalue weighted by Gasteiger charge is 2.36. The van der Waals surface area contributed by atoms with Crippen molar-refractivity contribution in [2.45, 2.75) is 19.2 Å². The zero-order chi connectivity index (χ0) is 11.8. The van der Waals surface area contributed by atoms with Crippen molar-refractivity contribution in [1.82, 2.24) is 15.3 Å². The van der Waals surface area contributed by atoms with Crippen LogP contribution in [0.4, 0.5) is 13.2 Å². The van der Waals surface area contributed by atoms with E-state index in [0.29, 0.717) is 31.1 Å². The van der Waals surface area contributed by atoms with Gasteiger partial charge in [0.2, 0.25) is 5.82 Å². The molecule has 16 heavy (non-hydrogen) atoms. The number of morpholine rings is 1. The number of aryl methyl sites for hydroxylation is 1. The largest absolute Gasteiger partial charge is 0.449 e. The van der Waals surface area contributed by atoms with Gasteiger partial charge < -0.3 is 15.0 Å². The van der Waals surface area contributed by atoms with Gasteiger partial charge in [0.15, 0.2) is 0 Å². The molecule has 1 aliphatic heterocycles. The van der Waals surface area contributed by atoms with Gasteiger partial charge in [-0.1, -0.05) is 0 Å². The van der Waals surface area contributed by atoms with Crippen molar-refractivity contribution in [2.75, 3.05) is 19.7 Å². The van der Waals surface area contributed by atoms with Crippen LogP contribution < -0.4 is 5.32 Å². The van der Waals surface area contributed by atoms with Gasteiger partial charge in [-0.2, -0.15) is 13.2 Å². The number of aromatic amines is 1. The molecule has 90 valence electrons. The zero-order valence-electron chi connectivity index (χ0n) is 8.69. The number of hydrogen-bond donors (Lipinski definition) is 2. The van der Waals surface area contributed by atoms with E-state index in [1.807, 2.05) is 0 Å². The van der Waals surface area contributed by atoms with Gasteiger partial charge >= 0.3 is 6.18 Å². The topological polar surface area (TPSA) is 49.9 Å². The number of ether oxygens (including phenoxy) is 1. The standard InChI is InChI=1S/C9H12F3N3O/c1-5-7(6-4-13-2-3-16-6)15-8(14-5)9(10,11)12/h6,13H,2-4H2,1H3,(H,14,15). The molecule has 2 rings (SSSR count). The Morgan fingerprint density at radius 3 is 2.69 bits per heavy atom. The highest BCUT2D eigenvalue weighted by Crippen LogP contribution is 2.29. The molecule has 0 bridgehead atoms. The van der Waals surface area contributed by atoms with Crippen LogP contribution in [0.3, 0.4) is 0 Å². The van der Waals surface area contributed by atoms with Gasteiger partial charge in [-0.05, 0) is 6.92 Å². The van der Waals surface area contributed by atoms with E-state index < -0.39 is 18.1 Å². The monoisotopic (exact) mass is 235 g/mol. The van der Waals surface area contributed by atoms with E-state index in [0.717, 1.165) is 0 Å². The van der Waals surface area contributed by atoms with Crippen molar-refractivity contribution in [3.63, 3.8) is 0 Å². The number of rotatable bonds is 1. The predicted molar refractivity (Wildman–Crippen MR) is 49.9 cm³/mol. The van der Waals surface area contributed by atoms with Crippen LogP contribution in [0.15, 0.2) is 0 Å². The molecule has 0 aromatic carbocycles. The number of alkyl halides is 3. The molecule has 7 heteroatoms. The Kier molecular flexibility index (Phi) is 2.90. The molecule has 1 atom stereocenters. The van der Waals surface area contributed by atoms with Crippen LogP contribution in [0.2, 0.25) is 0 Å². The minimum Gasteiger partial charge on any atom is -0.369 e. The van der Waals surface area contributed by atoms with E-state index in [2.05, 4.69) is 15.3 Å². The molecule has 0 aliphatic carbocycles. The Morgan fingerprint density at radius 2 is 2.19 bits per heavy atom. The molecule has 4 nitrogen and oxygen atoms in total. The van der Waals surface area contributed by atoms with Gasteiger partial charge in [0, 0.05) is 18.8 Å². The molecule has 0 amide bonds. The predicted octanol–water partition coefficient (Wildman–Crippen LogP) is 1.40. The summed E-state index contributed by atoms with van der Waals surface area (Å²) < 4.78 is 42.6. The lowest BCUT2D eigenvalue weighted by molar-refractivity contribution is -0.144. The first-order valence-corrected chi connectivity index (χ1v) is 4.94. The lowest BCUT2D eigenvalue weighted by Crippen LogP contribution is -2.33. The summed E-state index contributed by atoms with van der Waals surface area (Å²) in [7, 11) is 0. The smallest absolute Gasteiger partial charge is 0.369 e. The average molecular weight is 235 g/mol. The summed E-state index contributed by atoms with van der Waals surface area (Å²) in [4.78, 5) is 5.80. The maximum atomic E-state index is 12.4. The molecule has 0 saturated carbocycles. The van der Waals surface area contributed by atoms with E-state index in [9.17, 15) is 13.2 Å². The van der Waals surface area contributed by atoms with Gasteiger partial charge in [-0.3, -0.25) is 0 Å². The first kappa shape index (κ1) is 11.4. The molecule has 1 fully saturated rings. The molecule has 0 spiro atoms. The second-order valence-electron chi connectivity index (χ2n) is 3.66. The fourth-order valence-corrected chi connectivity index (χ4v) is 1.66. The number of H-pyrrole nitrogens is 1. The summed E-state index contributed by atoms with van der Waals surface area (Å²) in [6.45, 7) is 3.25. The fraction of sp³-hybridized carbons (Fsp3) is 0.667. The van der Waals surface area contributed by atoms with E-state index in [-0.39, 0.29) is 0 Å². The third-order valence-electron chi connectivity index (χ3n) is 2.42. The summed E-state index contributed by atoms with van der Waals surface area (Å²) in [5, 5.41) is 3.05. The van der Waals surface area contributed by atoms with Crippen molar-refractivity contribution in [1.29, 1.82) is 0 Å². The molecule has 2 N–H and O–H groups in total. The van der Waals surface area contributed by atoms with Crippen molar-refractivity contribution in [2.24, 2.45) is 0 Å². The molecule has 1 saturated heterocycles. The van der Waals surface area contributed by atoms with Gasteiger partial charge in [0.05, 0.1) is 12.3 Å². The van der Waals surface area contributed by atoms with Gasteiger partial charge in [-0.25, -0.2) is 4.98 Å². The van der Waals surface area contributed by atoms with Crippen LogP contribution in [0.25, 0.3) is 0 Å². The Hall–Kier alpha value is -1.08. The maximum absolute atomic E-state index is 12.4. The average Bonchev–Trinajstić information content (AvgIpc) is 2.61. The lowest BCUT2D eigenvalue weighted by atomic mass is 10.2. The van der Waals surface area contributed by atoms with Crippen molar-refractivity contribution < 1.29 is 17.9 Å². The molecule has 1 aromatic rings. The Labute approximate surface area is 90.2 Å². The summed E-state index contributed by atoms with van der Waals surface area (Å²) in [6.07, 6.45) is -4.84. The molecular weight excluding hydrogens is 223 g/mol. The SMILES string of the molecule is Cc1[nH]c(C(F)(F)F)nc1C1CNCCO1. The minimum absolute atomic E-state index is 0.333. The van der Waals surface area contributed by atoms with E-state index >= 15 is 0 Å². The highest BCUT2D eigenvalue weighted by atomic mass is 19.4. The van der Waals surface area contributed by atoms with Crippen LogP contribution >= 0.6 is 0 Å². The van der Waals surface area contributed by atoms with Gasteiger partial charge in [0.1, 0.15) is 6.10 Å². The number of imidazole rings is 1. The van der Waals surface area contributed by atoms with Crippen molar-refractivity contribution in [3.8, 4) is 0 Å². The van der Waals surface area contributed by atoms with E-state index in [4.69, 9.17) is 4.74 Å². The minimum atomic E-state index is -4.44. The van der Waals surface area contributed by atoms with Gasteiger partial charge in [-0.15, -0.1) is 0 Å². The first-order valence-electron chi connectivity index (χ1n) is 4.94. The number of halogens is 3. The van der Waals surface area contributed by atoms with Crippen molar-refractivity contribution in [3.05, 3.63) is 17.2 Å². The second-order valence-corrected chi connectivity index (χ2v) is 3.66. The third-order valence-corrected chi connectivity index (χ3v) is 2.42. The zero-order valence-corrected chi connectivity index (χ0v) is 8.69. The third kappa shape index (κ3) is 2.19. The summed E-state index contributed by atoms with van der Waals surface area (Å²) in [6, 6.07) is 0. The van der Waals surface area contributed by atoms with Crippen LogP contribution in [0, 0.1) is 6.92 Å². The second kappa shape index (κ2) is 4.06. The van der Waals surface area contributed by atoms with Crippen LogP contribution in [-0.4, -0.2) is 29.7 Å². The first-order chi connectivity index (χ1) is 7.48. The molecule has 1 aromatic heterocycles. The number of nitrogens with zero attached hydrogens (tertiary/aromatic N) is 1. The van der Waals surface area contributed by atoms with Crippen LogP contribution in [-0.2, 0) is 10.9 Å². The van der Waals surface area contributed by atoms with E-state index in [1.54, 1.807) is 6.92 Å². The Balaban J connectivity index is 2.24. The van der Waals surface area contributed by atoms with Gasteiger partial charge in [0.25, 0.3) is 0 Å². The Bertz CT molecular complexity index is 369. The summed E-state index contributed by atoms with van der Waals surface area (Å²) >= 11 is 0.